The standard InChI is InChI=1S/C16H15ClN4O/c17-15-6-4-13(5-7-15)16(14-8-10-19-20-12-14)21-22-11-3-1-2-9-18/h4-8,10,12H,1-3,11H2/b21-16-. The van der Waals surface area contributed by atoms with E-state index < -0.39 is 0 Å². The molecule has 0 saturated heterocycles. The van der Waals surface area contributed by atoms with Crippen LogP contribution in [0.2, 0.25) is 5.02 Å². The minimum absolute atomic E-state index is 0.470. The summed E-state index contributed by atoms with van der Waals surface area (Å²) < 4.78 is 0. The zero-order chi connectivity index (χ0) is 15.6. The summed E-state index contributed by atoms with van der Waals surface area (Å²) in [5, 5.41) is 21.0. The molecule has 0 fully saturated rings. The van der Waals surface area contributed by atoms with Gasteiger partial charge in [-0.3, -0.25) is 0 Å². The largest absolute Gasteiger partial charge is 0.395 e. The molecular formula is C16H15ClN4O. The fourth-order valence-corrected chi connectivity index (χ4v) is 1.92. The molecule has 0 atom stereocenters. The molecule has 2 aromatic rings. The van der Waals surface area contributed by atoms with E-state index in [4.69, 9.17) is 21.7 Å². The van der Waals surface area contributed by atoms with Crippen LogP contribution in [0, 0.1) is 11.3 Å². The van der Waals surface area contributed by atoms with Crippen LogP contribution in [0.25, 0.3) is 0 Å². The number of hydrogen-bond acceptors (Lipinski definition) is 5. The maximum absolute atomic E-state index is 8.49. The highest BCUT2D eigenvalue weighted by molar-refractivity contribution is 6.30. The smallest absolute Gasteiger partial charge is 0.118 e. The van der Waals surface area contributed by atoms with Crippen molar-refractivity contribution in [2.45, 2.75) is 19.3 Å². The number of hydrogen-bond donors (Lipinski definition) is 0. The Kier molecular flexibility index (Phi) is 6.34. The lowest BCUT2D eigenvalue weighted by atomic mass is 10.1. The molecule has 0 aliphatic carbocycles. The van der Waals surface area contributed by atoms with E-state index in [0.717, 1.165) is 24.0 Å². The van der Waals surface area contributed by atoms with Gasteiger partial charge in [0.15, 0.2) is 0 Å². The van der Waals surface area contributed by atoms with Crippen molar-refractivity contribution in [1.82, 2.24) is 10.2 Å². The highest BCUT2D eigenvalue weighted by Crippen LogP contribution is 2.14. The molecule has 1 aromatic heterocycles. The van der Waals surface area contributed by atoms with Gasteiger partial charge < -0.3 is 4.84 Å². The number of oxime groups is 1. The van der Waals surface area contributed by atoms with Crippen LogP contribution in [-0.2, 0) is 4.84 Å². The van der Waals surface area contributed by atoms with E-state index in [1.54, 1.807) is 24.5 Å². The molecule has 0 aliphatic rings. The molecule has 6 heteroatoms. The lowest BCUT2D eigenvalue weighted by Crippen LogP contribution is -2.06. The van der Waals surface area contributed by atoms with Gasteiger partial charge in [0.1, 0.15) is 12.3 Å². The third-order valence-electron chi connectivity index (χ3n) is 2.91. The van der Waals surface area contributed by atoms with Crippen molar-refractivity contribution in [1.29, 1.82) is 5.26 Å². The Morgan fingerprint density at radius 3 is 2.64 bits per heavy atom. The first-order chi connectivity index (χ1) is 10.8. The number of nitrogens with zero attached hydrogens (tertiary/aromatic N) is 4. The summed E-state index contributed by atoms with van der Waals surface area (Å²) in [4.78, 5) is 5.38. The van der Waals surface area contributed by atoms with Crippen molar-refractivity contribution in [3.63, 3.8) is 0 Å². The SMILES string of the molecule is N#CCCCCO/N=C(/c1ccc(Cl)cc1)c1ccnnc1. The average molecular weight is 315 g/mol. The molecule has 1 aromatic carbocycles. The molecule has 0 aliphatic heterocycles. The van der Waals surface area contributed by atoms with E-state index >= 15 is 0 Å². The van der Waals surface area contributed by atoms with Crippen molar-refractivity contribution in [2.75, 3.05) is 6.61 Å². The number of rotatable bonds is 7. The maximum Gasteiger partial charge on any atom is 0.118 e. The first-order valence-electron chi connectivity index (χ1n) is 6.91. The van der Waals surface area contributed by atoms with Gasteiger partial charge in [-0.05, 0) is 31.0 Å². The first kappa shape index (κ1) is 15.9. The van der Waals surface area contributed by atoms with Crippen LogP contribution in [0.1, 0.15) is 30.4 Å². The van der Waals surface area contributed by atoms with Crippen molar-refractivity contribution in [3.05, 3.63) is 58.9 Å². The third-order valence-corrected chi connectivity index (χ3v) is 3.16. The number of benzene rings is 1. The monoisotopic (exact) mass is 314 g/mol. The van der Waals surface area contributed by atoms with Crippen molar-refractivity contribution >= 4 is 17.3 Å². The van der Waals surface area contributed by atoms with Crippen molar-refractivity contribution < 1.29 is 4.84 Å². The second kappa shape index (κ2) is 8.75. The van der Waals surface area contributed by atoms with Gasteiger partial charge in [0, 0.05) is 22.6 Å². The Morgan fingerprint density at radius 1 is 1.14 bits per heavy atom. The predicted molar refractivity (Wildman–Crippen MR) is 84.5 cm³/mol. The van der Waals surface area contributed by atoms with Gasteiger partial charge in [-0.1, -0.05) is 28.9 Å². The summed E-state index contributed by atoms with van der Waals surface area (Å²) >= 11 is 5.92. The lowest BCUT2D eigenvalue weighted by Gasteiger charge is -2.07. The van der Waals surface area contributed by atoms with Gasteiger partial charge in [0.25, 0.3) is 0 Å². The molecule has 0 bridgehead atoms. The van der Waals surface area contributed by atoms with E-state index in [1.165, 1.54) is 0 Å². The van der Waals surface area contributed by atoms with E-state index in [9.17, 15) is 0 Å². The normalized spacial score (nSPS) is 11.0. The Morgan fingerprint density at radius 2 is 1.95 bits per heavy atom. The number of aromatic nitrogens is 2. The molecular weight excluding hydrogens is 300 g/mol. The summed E-state index contributed by atoms with van der Waals surface area (Å²) in [6.07, 6.45) is 5.37. The zero-order valence-corrected chi connectivity index (χ0v) is 12.7. The van der Waals surface area contributed by atoms with Crippen LogP contribution in [0.3, 0.4) is 0 Å². The van der Waals surface area contributed by atoms with Gasteiger partial charge in [-0.15, -0.1) is 0 Å². The zero-order valence-electron chi connectivity index (χ0n) is 11.9. The molecule has 1 heterocycles. The molecule has 2 rings (SSSR count). The van der Waals surface area contributed by atoms with E-state index in [1.807, 2.05) is 18.2 Å². The Bertz CT molecular complexity index is 650. The minimum atomic E-state index is 0.470. The summed E-state index contributed by atoms with van der Waals surface area (Å²) in [7, 11) is 0. The van der Waals surface area contributed by atoms with E-state index in [2.05, 4.69) is 21.4 Å². The second-order valence-electron chi connectivity index (χ2n) is 4.53. The minimum Gasteiger partial charge on any atom is -0.395 e. The van der Waals surface area contributed by atoms with Gasteiger partial charge in [-0.25, -0.2) is 0 Å². The Balaban J connectivity index is 2.12. The molecule has 0 spiro atoms. The summed E-state index contributed by atoms with van der Waals surface area (Å²) in [5.74, 6) is 0. The molecule has 0 radical (unpaired) electrons. The molecule has 112 valence electrons. The van der Waals surface area contributed by atoms with Crippen LogP contribution in [0.15, 0.2) is 47.9 Å². The topological polar surface area (TPSA) is 71.2 Å². The van der Waals surface area contributed by atoms with Crippen LogP contribution in [0.4, 0.5) is 0 Å². The number of nitriles is 1. The van der Waals surface area contributed by atoms with Gasteiger partial charge in [-0.2, -0.15) is 15.5 Å². The van der Waals surface area contributed by atoms with E-state index in [-0.39, 0.29) is 0 Å². The Hall–Kier alpha value is -2.45. The lowest BCUT2D eigenvalue weighted by molar-refractivity contribution is 0.141. The highest BCUT2D eigenvalue weighted by atomic mass is 35.5. The molecule has 5 nitrogen and oxygen atoms in total. The van der Waals surface area contributed by atoms with Crippen molar-refractivity contribution in [3.8, 4) is 6.07 Å². The van der Waals surface area contributed by atoms with Gasteiger partial charge in [0.2, 0.25) is 0 Å². The molecule has 0 N–H and O–H groups in total. The van der Waals surface area contributed by atoms with Gasteiger partial charge >= 0.3 is 0 Å². The number of halogens is 1. The fraction of sp³-hybridized carbons (Fsp3) is 0.250. The molecule has 0 amide bonds. The van der Waals surface area contributed by atoms with Crippen LogP contribution in [-0.4, -0.2) is 22.5 Å². The predicted octanol–water partition coefficient (Wildman–Crippen LogP) is 3.59. The number of unbranched alkanes of at least 4 members (excludes halogenated alkanes) is 2. The molecule has 0 saturated carbocycles. The molecule has 0 unspecified atom stereocenters. The quantitative estimate of drug-likeness (QED) is 0.445. The third kappa shape index (κ3) is 4.83. The fourth-order valence-electron chi connectivity index (χ4n) is 1.79. The van der Waals surface area contributed by atoms with Crippen molar-refractivity contribution in [2.24, 2.45) is 5.16 Å². The van der Waals surface area contributed by atoms with Crippen LogP contribution in [0.5, 0.6) is 0 Å². The Labute approximate surface area is 134 Å². The first-order valence-corrected chi connectivity index (χ1v) is 7.29. The summed E-state index contributed by atoms with van der Waals surface area (Å²) in [6, 6.07) is 11.3. The molecule has 22 heavy (non-hydrogen) atoms. The maximum atomic E-state index is 8.49. The summed E-state index contributed by atoms with van der Waals surface area (Å²) in [6.45, 7) is 0.470. The van der Waals surface area contributed by atoms with Gasteiger partial charge in [0.05, 0.1) is 18.5 Å². The van der Waals surface area contributed by atoms with Crippen LogP contribution >= 0.6 is 11.6 Å². The average Bonchev–Trinajstić information content (AvgIpc) is 2.56. The highest BCUT2D eigenvalue weighted by Gasteiger charge is 2.08. The second-order valence-corrected chi connectivity index (χ2v) is 4.96. The van der Waals surface area contributed by atoms with Crippen LogP contribution < -0.4 is 0 Å². The summed E-state index contributed by atoms with van der Waals surface area (Å²) in [5.41, 5.74) is 2.37. The van der Waals surface area contributed by atoms with E-state index in [0.29, 0.717) is 23.8 Å².